The van der Waals surface area contributed by atoms with Crippen molar-refractivity contribution in [1.82, 2.24) is 0 Å². The number of benzene rings is 2. The van der Waals surface area contributed by atoms with E-state index in [1.165, 1.54) is 6.07 Å². The Bertz CT molecular complexity index is 789. The van der Waals surface area contributed by atoms with Crippen molar-refractivity contribution < 1.29 is 23.3 Å². The van der Waals surface area contributed by atoms with E-state index in [1.54, 1.807) is 49.4 Å². The molecule has 0 aliphatic rings. The summed E-state index contributed by atoms with van der Waals surface area (Å²) in [4.78, 5) is 24.6. The fourth-order valence-corrected chi connectivity index (χ4v) is 3.13. The minimum absolute atomic E-state index is 0.210. The zero-order chi connectivity index (χ0) is 18.9. The second-order valence-electron chi connectivity index (χ2n) is 5.21. The molecule has 0 unspecified atom stereocenters. The van der Waals surface area contributed by atoms with Crippen molar-refractivity contribution >= 4 is 28.4 Å². The number of esters is 1. The molecule has 7 heteroatoms. The molecule has 0 fully saturated rings. The second-order valence-corrected chi connectivity index (χ2v) is 6.92. The summed E-state index contributed by atoms with van der Waals surface area (Å²) in [5.41, 5.74) is 0.781. The van der Waals surface area contributed by atoms with E-state index < -0.39 is 29.3 Å². The van der Waals surface area contributed by atoms with E-state index >= 15 is 0 Å². The molecule has 26 heavy (non-hydrogen) atoms. The highest BCUT2D eigenvalue weighted by Gasteiger charge is 2.17. The van der Waals surface area contributed by atoms with Gasteiger partial charge in [-0.25, -0.2) is 4.79 Å². The minimum Gasteiger partial charge on any atom is -0.494 e. The molecule has 1 atom stereocenters. The fraction of sp³-hybridized carbons (Fsp3) is 0.263. The van der Waals surface area contributed by atoms with Crippen molar-refractivity contribution in [2.24, 2.45) is 0 Å². The molecule has 0 heterocycles. The van der Waals surface area contributed by atoms with Crippen molar-refractivity contribution in [3.05, 3.63) is 54.1 Å². The highest BCUT2D eigenvalue weighted by molar-refractivity contribution is 7.85. The SMILES string of the molecule is CCOc1ccc(NC(=O)COC(=O)c2ccccc2[S@](=O)CC)cc1. The summed E-state index contributed by atoms with van der Waals surface area (Å²) < 4.78 is 22.4. The normalized spacial score (nSPS) is 11.5. The molecule has 1 amide bonds. The Kier molecular flexibility index (Phi) is 7.35. The second kappa shape index (κ2) is 9.72. The van der Waals surface area contributed by atoms with Crippen LogP contribution in [-0.4, -0.2) is 35.1 Å². The number of anilines is 1. The zero-order valence-corrected chi connectivity index (χ0v) is 15.5. The van der Waals surface area contributed by atoms with Gasteiger partial charge in [-0.05, 0) is 43.3 Å². The molecule has 0 radical (unpaired) electrons. The lowest BCUT2D eigenvalue weighted by Crippen LogP contribution is -2.21. The number of ether oxygens (including phenoxy) is 2. The Labute approximate surface area is 155 Å². The Morgan fingerprint density at radius 3 is 2.38 bits per heavy atom. The van der Waals surface area contributed by atoms with Crippen molar-refractivity contribution in [1.29, 1.82) is 0 Å². The van der Waals surface area contributed by atoms with Gasteiger partial charge in [-0.1, -0.05) is 19.1 Å². The standard InChI is InChI=1S/C19H21NO5S/c1-3-24-15-11-9-14(10-12-15)20-18(21)13-25-19(22)16-7-5-6-8-17(16)26(23)4-2/h5-12H,3-4,13H2,1-2H3,(H,20,21)/t26-/m1/s1. The molecular formula is C19H21NO5S. The van der Waals surface area contributed by atoms with Crippen LogP contribution in [0.2, 0.25) is 0 Å². The molecule has 2 aromatic carbocycles. The largest absolute Gasteiger partial charge is 0.494 e. The summed E-state index contributed by atoms with van der Waals surface area (Å²) in [6.45, 7) is 3.78. The first-order valence-corrected chi connectivity index (χ1v) is 9.54. The lowest BCUT2D eigenvalue weighted by molar-refractivity contribution is -0.119. The number of amides is 1. The number of nitrogens with one attached hydrogen (secondary N) is 1. The van der Waals surface area contributed by atoms with E-state index in [1.807, 2.05) is 6.92 Å². The molecule has 0 saturated heterocycles. The molecule has 0 aliphatic carbocycles. The average Bonchev–Trinajstić information content (AvgIpc) is 2.67. The zero-order valence-electron chi connectivity index (χ0n) is 14.7. The van der Waals surface area contributed by atoms with Gasteiger partial charge in [0.15, 0.2) is 6.61 Å². The third-order valence-corrected chi connectivity index (χ3v) is 4.77. The van der Waals surface area contributed by atoms with Gasteiger partial charge in [-0.2, -0.15) is 0 Å². The van der Waals surface area contributed by atoms with Gasteiger partial charge in [-0.15, -0.1) is 0 Å². The summed E-state index contributed by atoms with van der Waals surface area (Å²) in [5.74, 6) is -0.0407. The predicted molar refractivity (Wildman–Crippen MR) is 99.9 cm³/mol. The van der Waals surface area contributed by atoms with Crippen LogP contribution in [0.15, 0.2) is 53.4 Å². The molecule has 6 nitrogen and oxygen atoms in total. The smallest absolute Gasteiger partial charge is 0.339 e. The molecule has 138 valence electrons. The van der Waals surface area contributed by atoms with Crippen LogP contribution in [0.5, 0.6) is 5.75 Å². The number of rotatable bonds is 8. The molecule has 0 spiro atoms. The van der Waals surface area contributed by atoms with E-state index in [0.717, 1.165) is 0 Å². The van der Waals surface area contributed by atoms with Crippen LogP contribution in [0.3, 0.4) is 0 Å². The van der Waals surface area contributed by atoms with Crippen LogP contribution < -0.4 is 10.1 Å². The topological polar surface area (TPSA) is 81.7 Å². The summed E-state index contributed by atoms with van der Waals surface area (Å²) in [7, 11) is -1.29. The number of carbonyl (C=O) groups excluding carboxylic acids is 2. The Balaban J connectivity index is 1.93. The molecule has 0 aromatic heterocycles. The van der Waals surface area contributed by atoms with E-state index in [0.29, 0.717) is 28.7 Å². The number of hydrogen-bond donors (Lipinski definition) is 1. The Morgan fingerprint density at radius 1 is 1.04 bits per heavy atom. The predicted octanol–water partition coefficient (Wildman–Crippen LogP) is 3.01. The number of carbonyl (C=O) groups is 2. The van der Waals surface area contributed by atoms with Gasteiger partial charge >= 0.3 is 5.97 Å². The van der Waals surface area contributed by atoms with Crippen molar-refractivity contribution in [2.75, 3.05) is 24.3 Å². The fourth-order valence-electron chi connectivity index (χ4n) is 2.20. The maximum atomic E-state index is 12.2. The van der Waals surface area contributed by atoms with E-state index in [-0.39, 0.29) is 5.56 Å². The quantitative estimate of drug-likeness (QED) is 0.717. The van der Waals surface area contributed by atoms with Crippen LogP contribution in [0.1, 0.15) is 24.2 Å². The molecule has 2 rings (SSSR count). The maximum absolute atomic E-state index is 12.2. The Hall–Kier alpha value is -2.67. The van der Waals surface area contributed by atoms with Gasteiger partial charge in [-0.3, -0.25) is 9.00 Å². The lowest BCUT2D eigenvalue weighted by atomic mass is 10.2. The van der Waals surface area contributed by atoms with Crippen LogP contribution in [0.4, 0.5) is 5.69 Å². The first kappa shape index (κ1) is 19.7. The maximum Gasteiger partial charge on any atom is 0.339 e. The first-order chi connectivity index (χ1) is 12.5. The van der Waals surface area contributed by atoms with Crippen LogP contribution >= 0.6 is 0 Å². The van der Waals surface area contributed by atoms with Gasteiger partial charge in [0.05, 0.1) is 27.9 Å². The minimum atomic E-state index is -1.29. The van der Waals surface area contributed by atoms with Gasteiger partial charge in [0.2, 0.25) is 0 Å². The van der Waals surface area contributed by atoms with E-state index in [4.69, 9.17) is 9.47 Å². The molecule has 1 N–H and O–H groups in total. The summed E-state index contributed by atoms with van der Waals surface area (Å²) in [6.07, 6.45) is 0. The van der Waals surface area contributed by atoms with Gasteiger partial charge < -0.3 is 14.8 Å². The highest BCUT2D eigenvalue weighted by Crippen LogP contribution is 2.17. The molecule has 0 aliphatic heterocycles. The third kappa shape index (κ3) is 5.42. The van der Waals surface area contributed by atoms with Crippen molar-refractivity contribution in [2.45, 2.75) is 18.7 Å². The molecular weight excluding hydrogens is 354 g/mol. The lowest BCUT2D eigenvalue weighted by Gasteiger charge is -2.10. The number of hydrogen-bond acceptors (Lipinski definition) is 5. The third-order valence-electron chi connectivity index (χ3n) is 3.40. The van der Waals surface area contributed by atoms with Crippen molar-refractivity contribution in [3.63, 3.8) is 0 Å². The van der Waals surface area contributed by atoms with Gasteiger partial charge in [0.1, 0.15) is 5.75 Å². The summed E-state index contributed by atoms with van der Waals surface area (Å²) in [5, 5.41) is 2.63. The summed E-state index contributed by atoms with van der Waals surface area (Å²) in [6, 6.07) is 13.4. The first-order valence-electron chi connectivity index (χ1n) is 8.22. The molecule has 2 aromatic rings. The monoisotopic (exact) mass is 375 g/mol. The Morgan fingerprint density at radius 2 is 1.73 bits per heavy atom. The van der Waals surface area contributed by atoms with Crippen LogP contribution in [-0.2, 0) is 20.3 Å². The summed E-state index contributed by atoms with van der Waals surface area (Å²) >= 11 is 0. The van der Waals surface area contributed by atoms with Crippen LogP contribution in [0.25, 0.3) is 0 Å². The van der Waals surface area contributed by atoms with Gasteiger partial charge in [0, 0.05) is 11.4 Å². The van der Waals surface area contributed by atoms with Gasteiger partial charge in [0.25, 0.3) is 5.91 Å². The molecule has 0 saturated carbocycles. The average molecular weight is 375 g/mol. The highest BCUT2D eigenvalue weighted by atomic mass is 32.2. The van der Waals surface area contributed by atoms with Crippen LogP contribution in [0, 0.1) is 0 Å². The molecule has 0 bridgehead atoms. The van der Waals surface area contributed by atoms with Crippen molar-refractivity contribution in [3.8, 4) is 5.75 Å². The van der Waals surface area contributed by atoms with E-state index in [2.05, 4.69) is 5.32 Å². The van der Waals surface area contributed by atoms with E-state index in [9.17, 15) is 13.8 Å².